The summed E-state index contributed by atoms with van der Waals surface area (Å²) in [5, 5.41) is -0.829. The lowest BCUT2D eigenvalue weighted by atomic mass is 9.99. The van der Waals surface area contributed by atoms with Crippen LogP contribution in [0.4, 0.5) is 35.1 Å². The third-order valence-electron chi connectivity index (χ3n) is 4.84. The Morgan fingerprint density at radius 1 is 0.917 bits per heavy atom. The van der Waals surface area contributed by atoms with Gasteiger partial charge < -0.3 is 9.47 Å². The first-order valence-electron chi connectivity index (χ1n) is 10.4. The predicted molar refractivity (Wildman–Crippen MR) is 117 cm³/mol. The first-order chi connectivity index (χ1) is 16.9. The molecule has 0 amide bonds. The van der Waals surface area contributed by atoms with Crippen molar-refractivity contribution in [3.63, 3.8) is 0 Å². The summed E-state index contributed by atoms with van der Waals surface area (Å²) in [6.45, 7) is 1.90. The maximum atomic E-state index is 14.8. The van der Waals surface area contributed by atoms with Gasteiger partial charge in [-0.25, -0.2) is 26.3 Å². The molecule has 3 aromatic rings. The Kier molecular flexibility index (Phi) is 8.50. The summed E-state index contributed by atoms with van der Waals surface area (Å²) >= 11 is 5.88. The summed E-state index contributed by atoms with van der Waals surface area (Å²) in [7, 11) is 0. The van der Waals surface area contributed by atoms with Crippen LogP contribution in [0, 0.1) is 23.3 Å². The van der Waals surface area contributed by atoms with Crippen molar-refractivity contribution in [1.29, 1.82) is 0 Å². The molecule has 3 rings (SSSR count). The number of alkyl halides is 4. The molecule has 0 heterocycles. The largest absolute Gasteiger partial charge is 0.459 e. The predicted octanol–water partition coefficient (Wildman–Crippen LogP) is 8.80. The average Bonchev–Trinajstić information content (AvgIpc) is 2.74. The molecule has 0 fully saturated rings. The normalized spacial score (nSPS) is 12.0. The Labute approximate surface area is 205 Å². The molecule has 36 heavy (non-hydrogen) atoms. The van der Waals surface area contributed by atoms with E-state index in [4.69, 9.17) is 11.6 Å². The number of halogens is 9. The highest BCUT2D eigenvalue weighted by atomic mass is 35.5. The molecule has 0 saturated heterocycles. The zero-order valence-corrected chi connectivity index (χ0v) is 19.2. The van der Waals surface area contributed by atoms with Crippen LogP contribution in [0.2, 0.25) is 5.02 Å². The first kappa shape index (κ1) is 27.3. The lowest BCUT2D eigenvalue weighted by Crippen LogP contribution is -2.24. The molecule has 192 valence electrons. The zero-order valence-electron chi connectivity index (χ0n) is 18.4. The molecule has 0 bridgehead atoms. The molecular weight excluding hydrogens is 520 g/mol. The second-order valence-electron chi connectivity index (χ2n) is 7.49. The standard InChI is InChI=1S/C25H17ClF8O2/c1-2-3-13-4-5-16(18(27)8-13)14-9-17(26)23(19(28)10-14)25(33,34)36-15-11-20(29)24(21(30)12-15)35-7-6-22(31)32/h4-12,22H,2-3H2,1H3. The molecular formula is C25H17ClF8O2. The van der Waals surface area contributed by atoms with Gasteiger partial charge in [-0.2, -0.15) is 8.78 Å². The van der Waals surface area contributed by atoms with Crippen molar-refractivity contribution < 1.29 is 44.6 Å². The number of ether oxygens (including phenoxy) is 2. The fourth-order valence-electron chi connectivity index (χ4n) is 3.32. The summed E-state index contributed by atoms with van der Waals surface area (Å²) in [6, 6.07) is 6.33. The van der Waals surface area contributed by atoms with Crippen molar-refractivity contribution in [3.8, 4) is 22.6 Å². The van der Waals surface area contributed by atoms with Crippen molar-refractivity contribution in [2.75, 3.05) is 0 Å². The third kappa shape index (κ3) is 6.29. The van der Waals surface area contributed by atoms with Crippen LogP contribution >= 0.6 is 11.6 Å². The molecule has 0 radical (unpaired) electrons. The lowest BCUT2D eigenvalue weighted by molar-refractivity contribution is -0.187. The fraction of sp³-hybridized carbons (Fsp3) is 0.200. The molecule has 0 unspecified atom stereocenters. The number of hydrogen-bond acceptors (Lipinski definition) is 2. The highest BCUT2D eigenvalue weighted by Crippen LogP contribution is 2.41. The van der Waals surface area contributed by atoms with Crippen LogP contribution in [-0.4, -0.2) is 6.43 Å². The van der Waals surface area contributed by atoms with Crippen LogP contribution in [0.3, 0.4) is 0 Å². The molecule has 0 N–H and O–H groups in total. The maximum Gasteiger partial charge on any atom is 0.431 e. The number of hydrogen-bond donors (Lipinski definition) is 0. The minimum atomic E-state index is -4.51. The van der Waals surface area contributed by atoms with E-state index in [9.17, 15) is 35.1 Å². The van der Waals surface area contributed by atoms with E-state index in [1.165, 1.54) is 12.1 Å². The second-order valence-corrected chi connectivity index (χ2v) is 7.90. The lowest BCUT2D eigenvalue weighted by Gasteiger charge is -2.21. The quantitative estimate of drug-likeness (QED) is 0.201. The number of aryl methyl sites for hydroxylation is 1. The van der Waals surface area contributed by atoms with Gasteiger partial charge >= 0.3 is 6.11 Å². The van der Waals surface area contributed by atoms with E-state index in [2.05, 4.69) is 9.47 Å². The van der Waals surface area contributed by atoms with E-state index >= 15 is 0 Å². The highest BCUT2D eigenvalue weighted by Gasteiger charge is 2.41. The molecule has 0 aliphatic rings. The van der Waals surface area contributed by atoms with Gasteiger partial charge in [-0.3, -0.25) is 0 Å². The highest BCUT2D eigenvalue weighted by molar-refractivity contribution is 6.31. The van der Waals surface area contributed by atoms with Gasteiger partial charge in [-0.05, 0) is 35.7 Å². The second kappa shape index (κ2) is 11.2. The smallest absolute Gasteiger partial charge is 0.431 e. The Morgan fingerprint density at radius 2 is 1.58 bits per heavy atom. The van der Waals surface area contributed by atoms with E-state index in [-0.39, 0.29) is 29.3 Å². The van der Waals surface area contributed by atoms with E-state index in [0.29, 0.717) is 24.3 Å². The number of allylic oxidation sites excluding steroid dienone is 1. The topological polar surface area (TPSA) is 18.5 Å². The first-order valence-corrected chi connectivity index (χ1v) is 10.8. The van der Waals surface area contributed by atoms with Crippen LogP contribution in [0.5, 0.6) is 11.5 Å². The van der Waals surface area contributed by atoms with Crippen LogP contribution in [0.25, 0.3) is 11.1 Å². The molecule has 0 aliphatic carbocycles. The van der Waals surface area contributed by atoms with Gasteiger partial charge in [0.05, 0.1) is 11.3 Å². The Hall–Kier alpha value is -3.27. The van der Waals surface area contributed by atoms with Crippen molar-refractivity contribution >= 4 is 11.6 Å². The van der Waals surface area contributed by atoms with Gasteiger partial charge in [-0.15, -0.1) is 0 Å². The average molecular weight is 537 g/mol. The van der Waals surface area contributed by atoms with Gasteiger partial charge in [-0.1, -0.05) is 37.1 Å². The molecule has 0 spiro atoms. The molecule has 0 aromatic heterocycles. The van der Waals surface area contributed by atoms with Gasteiger partial charge in [0.25, 0.3) is 6.43 Å². The minimum Gasteiger partial charge on any atom is -0.459 e. The van der Waals surface area contributed by atoms with Crippen molar-refractivity contribution in [1.82, 2.24) is 0 Å². The maximum absolute atomic E-state index is 14.8. The van der Waals surface area contributed by atoms with Crippen LogP contribution in [0.15, 0.2) is 54.8 Å². The Morgan fingerprint density at radius 3 is 2.14 bits per heavy atom. The summed E-state index contributed by atoms with van der Waals surface area (Å²) in [5.41, 5.74) is -0.945. The van der Waals surface area contributed by atoms with Crippen LogP contribution in [-0.2, 0) is 12.5 Å². The van der Waals surface area contributed by atoms with Gasteiger partial charge in [0.2, 0.25) is 0 Å². The number of rotatable bonds is 9. The van der Waals surface area contributed by atoms with Crippen LogP contribution < -0.4 is 9.47 Å². The SMILES string of the molecule is CCCc1ccc(-c2cc(F)c(C(F)(F)Oc3cc(F)c(OC=CC(F)F)c(F)c3)c(Cl)c2)c(F)c1. The van der Waals surface area contributed by atoms with E-state index in [1.807, 2.05) is 6.92 Å². The van der Waals surface area contributed by atoms with E-state index in [1.54, 1.807) is 6.07 Å². The van der Waals surface area contributed by atoms with Crippen molar-refractivity contribution in [2.24, 2.45) is 0 Å². The summed E-state index contributed by atoms with van der Waals surface area (Å²) in [5.74, 6) is -7.59. The summed E-state index contributed by atoms with van der Waals surface area (Å²) in [4.78, 5) is 0. The Bertz CT molecular complexity index is 1230. The number of benzene rings is 3. The van der Waals surface area contributed by atoms with Crippen molar-refractivity contribution in [2.45, 2.75) is 32.3 Å². The Balaban J connectivity index is 1.90. The monoisotopic (exact) mass is 536 g/mol. The third-order valence-corrected chi connectivity index (χ3v) is 5.14. The van der Waals surface area contributed by atoms with Gasteiger partial charge in [0.1, 0.15) is 22.9 Å². The van der Waals surface area contributed by atoms with E-state index < -0.39 is 57.9 Å². The molecule has 3 aromatic carbocycles. The molecule has 0 saturated carbocycles. The summed E-state index contributed by atoms with van der Waals surface area (Å²) < 4.78 is 120. The van der Waals surface area contributed by atoms with Crippen LogP contribution in [0.1, 0.15) is 24.5 Å². The molecule has 0 atom stereocenters. The molecule has 11 heteroatoms. The fourth-order valence-corrected chi connectivity index (χ4v) is 3.64. The minimum absolute atomic E-state index is 0.0768. The molecule has 2 nitrogen and oxygen atoms in total. The van der Waals surface area contributed by atoms with Gasteiger partial charge in [0.15, 0.2) is 17.4 Å². The van der Waals surface area contributed by atoms with E-state index in [0.717, 1.165) is 12.5 Å². The summed E-state index contributed by atoms with van der Waals surface area (Å²) in [6.07, 6.45) is -5.59. The van der Waals surface area contributed by atoms with Crippen molar-refractivity contribution in [3.05, 3.63) is 94.2 Å². The van der Waals surface area contributed by atoms with Gasteiger partial charge in [0, 0.05) is 23.8 Å². The molecule has 0 aliphatic heterocycles. The zero-order chi connectivity index (χ0) is 26.6.